The molecule has 2 N–H and O–H groups in total. The highest BCUT2D eigenvalue weighted by Gasteiger charge is 2.23. The van der Waals surface area contributed by atoms with E-state index in [1.165, 1.54) is 0 Å². The van der Waals surface area contributed by atoms with Crippen LogP contribution in [0.15, 0.2) is 18.2 Å². The molecular weight excluding hydrogens is 214 g/mol. The van der Waals surface area contributed by atoms with Gasteiger partial charge >= 0.3 is 0 Å². The summed E-state index contributed by atoms with van der Waals surface area (Å²) in [4.78, 5) is 2.19. The Labute approximate surface area is 102 Å². The second kappa shape index (κ2) is 4.64. The van der Waals surface area contributed by atoms with Gasteiger partial charge in [-0.2, -0.15) is 5.26 Å². The molecule has 1 heterocycles. The van der Waals surface area contributed by atoms with E-state index < -0.39 is 0 Å². The smallest absolute Gasteiger partial charge is 0.0992 e. The van der Waals surface area contributed by atoms with E-state index in [0.29, 0.717) is 11.3 Å². The number of nitriles is 1. The first-order valence-electron chi connectivity index (χ1n) is 5.80. The van der Waals surface area contributed by atoms with E-state index in [2.05, 4.69) is 11.0 Å². The first-order chi connectivity index (χ1) is 8.10. The van der Waals surface area contributed by atoms with Crippen LogP contribution in [0.2, 0.25) is 0 Å². The van der Waals surface area contributed by atoms with E-state index in [-0.39, 0.29) is 12.2 Å². The maximum atomic E-state index is 8.92. The molecule has 0 aliphatic carbocycles. The maximum Gasteiger partial charge on any atom is 0.0992 e. The Bertz CT molecular complexity index is 442. The van der Waals surface area contributed by atoms with Gasteiger partial charge in [-0.25, -0.2) is 0 Å². The molecular formula is C13H17N3O. The van der Waals surface area contributed by atoms with Gasteiger partial charge in [0, 0.05) is 13.1 Å². The molecule has 0 radical (unpaired) electrons. The molecule has 90 valence electrons. The summed E-state index contributed by atoms with van der Waals surface area (Å²) in [5.41, 5.74) is 8.26. The van der Waals surface area contributed by atoms with Gasteiger partial charge in [0.05, 0.1) is 35.2 Å². The summed E-state index contributed by atoms with van der Waals surface area (Å²) < 4.78 is 5.69. The molecule has 0 unspecified atom stereocenters. The summed E-state index contributed by atoms with van der Waals surface area (Å²) in [5.74, 6) is 0. The average molecular weight is 231 g/mol. The predicted molar refractivity (Wildman–Crippen MR) is 67.8 cm³/mol. The quantitative estimate of drug-likeness (QED) is 0.748. The number of hydrogen-bond acceptors (Lipinski definition) is 4. The SMILES string of the molecule is C[C@@H]1CN(c2cc(C#N)ccc2N)C[C@H](C)O1. The van der Waals surface area contributed by atoms with Crippen LogP contribution in [-0.2, 0) is 4.74 Å². The monoisotopic (exact) mass is 231 g/mol. The van der Waals surface area contributed by atoms with Crippen LogP contribution in [-0.4, -0.2) is 25.3 Å². The summed E-state index contributed by atoms with van der Waals surface area (Å²) >= 11 is 0. The fourth-order valence-electron chi connectivity index (χ4n) is 2.26. The molecule has 1 aromatic rings. The largest absolute Gasteiger partial charge is 0.397 e. The molecule has 17 heavy (non-hydrogen) atoms. The van der Waals surface area contributed by atoms with Crippen LogP contribution >= 0.6 is 0 Å². The third kappa shape index (κ3) is 2.51. The third-order valence-electron chi connectivity index (χ3n) is 2.92. The zero-order valence-corrected chi connectivity index (χ0v) is 10.2. The molecule has 1 aliphatic heterocycles. The van der Waals surface area contributed by atoms with Crippen molar-refractivity contribution in [3.05, 3.63) is 23.8 Å². The van der Waals surface area contributed by atoms with Gasteiger partial charge in [0.1, 0.15) is 0 Å². The first-order valence-corrected chi connectivity index (χ1v) is 5.80. The van der Waals surface area contributed by atoms with Gasteiger partial charge in [-0.05, 0) is 32.0 Å². The first kappa shape index (κ1) is 11.7. The van der Waals surface area contributed by atoms with E-state index >= 15 is 0 Å². The molecule has 2 rings (SSSR count). The van der Waals surface area contributed by atoms with Crippen molar-refractivity contribution in [2.45, 2.75) is 26.1 Å². The summed E-state index contributed by atoms with van der Waals surface area (Å²) in [6, 6.07) is 7.52. The zero-order chi connectivity index (χ0) is 12.4. The fraction of sp³-hybridized carbons (Fsp3) is 0.462. The molecule has 2 atom stereocenters. The van der Waals surface area contributed by atoms with Crippen molar-refractivity contribution in [2.24, 2.45) is 0 Å². The van der Waals surface area contributed by atoms with Crippen LogP contribution in [0.1, 0.15) is 19.4 Å². The Kier molecular flexibility index (Phi) is 3.21. The number of nitrogens with two attached hydrogens (primary N) is 1. The van der Waals surface area contributed by atoms with Crippen molar-refractivity contribution in [1.29, 1.82) is 5.26 Å². The summed E-state index contributed by atoms with van der Waals surface area (Å²) in [6.45, 7) is 5.72. The van der Waals surface area contributed by atoms with Crippen molar-refractivity contribution >= 4 is 11.4 Å². The van der Waals surface area contributed by atoms with Crippen LogP contribution in [0, 0.1) is 11.3 Å². The third-order valence-corrected chi connectivity index (χ3v) is 2.92. The highest BCUT2D eigenvalue weighted by molar-refractivity contribution is 5.70. The molecule has 0 aromatic heterocycles. The van der Waals surface area contributed by atoms with Crippen LogP contribution in [0.4, 0.5) is 11.4 Å². The number of benzene rings is 1. The molecule has 1 aliphatic rings. The molecule has 1 aromatic carbocycles. The van der Waals surface area contributed by atoms with E-state index in [1.54, 1.807) is 12.1 Å². The summed E-state index contributed by atoms with van der Waals surface area (Å²) in [5, 5.41) is 8.92. The Hall–Kier alpha value is -1.73. The summed E-state index contributed by atoms with van der Waals surface area (Å²) in [6.07, 6.45) is 0.368. The van der Waals surface area contributed by atoms with Crippen molar-refractivity contribution in [3.63, 3.8) is 0 Å². The van der Waals surface area contributed by atoms with E-state index in [0.717, 1.165) is 18.8 Å². The molecule has 0 saturated carbocycles. The normalized spacial score (nSPS) is 24.4. The predicted octanol–water partition coefficient (Wildman–Crippen LogP) is 1.75. The van der Waals surface area contributed by atoms with Crippen molar-refractivity contribution < 1.29 is 4.74 Å². The number of nitrogen functional groups attached to an aromatic ring is 1. The van der Waals surface area contributed by atoms with Crippen LogP contribution in [0.3, 0.4) is 0 Å². The Balaban J connectivity index is 2.30. The molecule has 0 bridgehead atoms. The highest BCUT2D eigenvalue weighted by atomic mass is 16.5. The lowest BCUT2D eigenvalue weighted by Crippen LogP contribution is -2.45. The van der Waals surface area contributed by atoms with Gasteiger partial charge in [-0.15, -0.1) is 0 Å². The standard InChI is InChI=1S/C13H17N3O/c1-9-7-16(8-10(2)17-9)13-5-11(6-14)3-4-12(13)15/h3-5,9-10H,7-8,15H2,1-2H3/t9-,10+. The minimum Gasteiger partial charge on any atom is -0.397 e. The Morgan fingerprint density at radius 3 is 2.59 bits per heavy atom. The Morgan fingerprint density at radius 1 is 1.35 bits per heavy atom. The molecule has 1 fully saturated rings. The topological polar surface area (TPSA) is 62.3 Å². The average Bonchev–Trinajstić information content (AvgIpc) is 2.28. The number of hydrogen-bond donors (Lipinski definition) is 1. The van der Waals surface area contributed by atoms with Gasteiger partial charge in [0.15, 0.2) is 0 Å². The lowest BCUT2D eigenvalue weighted by Gasteiger charge is -2.37. The van der Waals surface area contributed by atoms with E-state index in [9.17, 15) is 0 Å². The Morgan fingerprint density at radius 2 is 2.00 bits per heavy atom. The van der Waals surface area contributed by atoms with Crippen molar-refractivity contribution in [1.82, 2.24) is 0 Å². The van der Waals surface area contributed by atoms with E-state index in [4.69, 9.17) is 15.7 Å². The second-order valence-corrected chi connectivity index (χ2v) is 4.55. The maximum absolute atomic E-state index is 8.92. The van der Waals surface area contributed by atoms with Gasteiger partial charge in [0.25, 0.3) is 0 Å². The molecule has 0 amide bonds. The molecule has 1 saturated heterocycles. The van der Waals surface area contributed by atoms with Crippen molar-refractivity contribution in [2.75, 3.05) is 23.7 Å². The van der Waals surface area contributed by atoms with Crippen LogP contribution in [0.25, 0.3) is 0 Å². The number of nitrogens with zero attached hydrogens (tertiary/aromatic N) is 2. The lowest BCUT2D eigenvalue weighted by molar-refractivity contribution is -0.00517. The van der Waals surface area contributed by atoms with E-state index in [1.807, 2.05) is 19.9 Å². The fourth-order valence-corrected chi connectivity index (χ4v) is 2.26. The van der Waals surface area contributed by atoms with Gasteiger partial charge in [-0.1, -0.05) is 0 Å². The van der Waals surface area contributed by atoms with Crippen LogP contribution < -0.4 is 10.6 Å². The number of ether oxygens (including phenoxy) is 1. The minimum absolute atomic E-state index is 0.184. The van der Waals surface area contributed by atoms with Gasteiger partial charge in [0.2, 0.25) is 0 Å². The number of anilines is 2. The van der Waals surface area contributed by atoms with Crippen LogP contribution in [0.5, 0.6) is 0 Å². The number of morpholine rings is 1. The minimum atomic E-state index is 0.184. The second-order valence-electron chi connectivity index (χ2n) is 4.55. The highest BCUT2D eigenvalue weighted by Crippen LogP contribution is 2.27. The summed E-state index contributed by atoms with van der Waals surface area (Å²) in [7, 11) is 0. The van der Waals surface area contributed by atoms with Crippen molar-refractivity contribution in [3.8, 4) is 6.07 Å². The zero-order valence-electron chi connectivity index (χ0n) is 10.2. The lowest BCUT2D eigenvalue weighted by atomic mass is 10.1. The van der Waals surface area contributed by atoms with Gasteiger partial charge < -0.3 is 15.4 Å². The number of rotatable bonds is 1. The molecule has 0 spiro atoms. The molecule has 4 nitrogen and oxygen atoms in total. The van der Waals surface area contributed by atoms with Gasteiger partial charge in [-0.3, -0.25) is 0 Å². The molecule has 4 heteroatoms.